The SMILES string of the molecule is CCC(C)(C)NC(=O)CCCC(=O)O. The molecule has 0 aromatic rings. The zero-order valence-corrected chi connectivity index (χ0v) is 9.09. The number of carbonyl (C=O) groups excluding carboxylic acids is 1. The van der Waals surface area contributed by atoms with E-state index in [-0.39, 0.29) is 24.3 Å². The number of hydrogen-bond acceptors (Lipinski definition) is 2. The van der Waals surface area contributed by atoms with Crippen molar-refractivity contribution < 1.29 is 14.7 Å². The Bertz CT molecular complexity index is 211. The second-order valence-corrected chi connectivity index (χ2v) is 4.03. The molecule has 0 bridgehead atoms. The van der Waals surface area contributed by atoms with E-state index in [0.717, 1.165) is 6.42 Å². The Morgan fingerprint density at radius 2 is 1.86 bits per heavy atom. The molecule has 4 heteroatoms. The van der Waals surface area contributed by atoms with Gasteiger partial charge in [-0.15, -0.1) is 0 Å². The van der Waals surface area contributed by atoms with Crippen molar-refractivity contribution in [2.45, 2.75) is 52.0 Å². The number of hydrogen-bond donors (Lipinski definition) is 2. The van der Waals surface area contributed by atoms with E-state index >= 15 is 0 Å². The van der Waals surface area contributed by atoms with Crippen molar-refractivity contribution in [3.05, 3.63) is 0 Å². The smallest absolute Gasteiger partial charge is 0.303 e. The summed E-state index contributed by atoms with van der Waals surface area (Å²) in [6, 6.07) is 0. The lowest BCUT2D eigenvalue weighted by Gasteiger charge is -2.24. The third-order valence-electron chi connectivity index (χ3n) is 2.16. The van der Waals surface area contributed by atoms with Crippen LogP contribution in [0, 0.1) is 0 Å². The van der Waals surface area contributed by atoms with Gasteiger partial charge >= 0.3 is 5.97 Å². The second-order valence-electron chi connectivity index (χ2n) is 4.03. The summed E-state index contributed by atoms with van der Waals surface area (Å²) in [5.74, 6) is -0.925. The van der Waals surface area contributed by atoms with Crippen LogP contribution in [-0.4, -0.2) is 22.5 Å². The van der Waals surface area contributed by atoms with E-state index in [2.05, 4.69) is 5.32 Å². The van der Waals surface area contributed by atoms with Gasteiger partial charge in [0.05, 0.1) is 0 Å². The van der Waals surface area contributed by atoms with Crippen LogP contribution in [0.1, 0.15) is 46.5 Å². The van der Waals surface area contributed by atoms with E-state index in [9.17, 15) is 9.59 Å². The van der Waals surface area contributed by atoms with Crippen molar-refractivity contribution in [2.24, 2.45) is 0 Å². The Kier molecular flexibility index (Phi) is 5.20. The number of carboxylic acid groups (broad SMARTS) is 1. The van der Waals surface area contributed by atoms with E-state index in [1.54, 1.807) is 0 Å². The highest BCUT2D eigenvalue weighted by atomic mass is 16.4. The average Bonchev–Trinajstić information content (AvgIpc) is 2.02. The first-order valence-electron chi connectivity index (χ1n) is 4.90. The highest BCUT2D eigenvalue weighted by Crippen LogP contribution is 2.07. The van der Waals surface area contributed by atoms with Gasteiger partial charge in [-0.3, -0.25) is 9.59 Å². The minimum Gasteiger partial charge on any atom is -0.481 e. The molecule has 1 amide bonds. The van der Waals surface area contributed by atoms with Crippen LogP contribution in [0.15, 0.2) is 0 Å². The standard InChI is InChI=1S/C10H19NO3/c1-4-10(2,3)11-8(12)6-5-7-9(13)14/h4-7H2,1-3H3,(H,11,12)(H,13,14). The summed E-state index contributed by atoms with van der Waals surface area (Å²) >= 11 is 0. The van der Waals surface area contributed by atoms with Gasteiger partial charge in [0.2, 0.25) is 5.91 Å². The van der Waals surface area contributed by atoms with Crippen molar-refractivity contribution in [1.82, 2.24) is 5.32 Å². The van der Waals surface area contributed by atoms with E-state index in [1.165, 1.54) is 0 Å². The van der Waals surface area contributed by atoms with Gasteiger partial charge in [-0.2, -0.15) is 0 Å². The van der Waals surface area contributed by atoms with Gasteiger partial charge in [-0.1, -0.05) is 6.92 Å². The molecule has 0 saturated carbocycles. The predicted octanol–water partition coefficient (Wildman–Crippen LogP) is 1.55. The fourth-order valence-electron chi connectivity index (χ4n) is 0.928. The molecule has 14 heavy (non-hydrogen) atoms. The molecule has 0 aromatic carbocycles. The minimum atomic E-state index is -0.854. The number of carboxylic acids is 1. The molecule has 0 fully saturated rings. The molecule has 0 aliphatic rings. The molecule has 0 rings (SSSR count). The Labute approximate surface area is 84.7 Å². The van der Waals surface area contributed by atoms with Gasteiger partial charge in [-0.05, 0) is 26.7 Å². The van der Waals surface area contributed by atoms with Gasteiger partial charge in [0.25, 0.3) is 0 Å². The van der Waals surface area contributed by atoms with Gasteiger partial charge in [0.1, 0.15) is 0 Å². The number of rotatable bonds is 6. The Morgan fingerprint density at radius 1 is 1.29 bits per heavy atom. The van der Waals surface area contributed by atoms with Crippen LogP contribution in [0.5, 0.6) is 0 Å². The molecule has 4 nitrogen and oxygen atoms in total. The molecule has 0 aliphatic heterocycles. The Morgan fingerprint density at radius 3 is 2.29 bits per heavy atom. The van der Waals surface area contributed by atoms with Crippen LogP contribution < -0.4 is 5.32 Å². The number of carbonyl (C=O) groups is 2. The molecule has 0 saturated heterocycles. The van der Waals surface area contributed by atoms with Crippen molar-refractivity contribution >= 4 is 11.9 Å². The van der Waals surface area contributed by atoms with Crippen LogP contribution in [0.4, 0.5) is 0 Å². The molecule has 0 radical (unpaired) electrons. The van der Waals surface area contributed by atoms with Crippen LogP contribution in [0.3, 0.4) is 0 Å². The summed E-state index contributed by atoms with van der Waals surface area (Å²) in [5.41, 5.74) is -0.194. The molecular formula is C10H19NO3. The van der Waals surface area contributed by atoms with Crippen molar-refractivity contribution in [2.75, 3.05) is 0 Å². The molecule has 0 heterocycles. The zero-order chi connectivity index (χ0) is 11.2. The lowest BCUT2D eigenvalue weighted by Crippen LogP contribution is -2.42. The first kappa shape index (κ1) is 12.9. The van der Waals surface area contributed by atoms with E-state index in [0.29, 0.717) is 6.42 Å². The highest BCUT2D eigenvalue weighted by Gasteiger charge is 2.17. The third kappa shape index (κ3) is 6.46. The monoisotopic (exact) mass is 201 g/mol. The number of amides is 1. The van der Waals surface area contributed by atoms with Gasteiger partial charge in [0, 0.05) is 18.4 Å². The van der Waals surface area contributed by atoms with E-state index < -0.39 is 5.97 Å². The molecular weight excluding hydrogens is 182 g/mol. The fourth-order valence-corrected chi connectivity index (χ4v) is 0.928. The summed E-state index contributed by atoms with van der Waals surface area (Å²) in [5, 5.41) is 11.2. The Balaban J connectivity index is 3.71. The zero-order valence-electron chi connectivity index (χ0n) is 9.09. The number of nitrogens with one attached hydrogen (secondary N) is 1. The Hall–Kier alpha value is -1.06. The second kappa shape index (κ2) is 5.62. The van der Waals surface area contributed by atoms with Crippen molar-refractivity contribution in [3.8, 4) is 0 Å². The van der Waals surface area contributed by atoms with E-state index in [1.807, 2.05) is 20.8 Å². The highest BCUT2D eigenvalue weighted by molar-refractivity contribution is 5.77. The lowest BCUT2D eigenvalue weighted by molar-refractivity contribution is -0.137. The first-order chi connectivity index (χ1) is 6.37. The number of aliphatic carboxylic acids is 1. The van der Waals surface area contributed by atoms with Gasteiger partial charge in [0.15, 0.2) is 0 Å². The first-order valence-corrected chi connectivity index (χ1v) is 4.90. The average molecular weight is 201 g/mol. The summed E-state index contributed by atoms with van der Waals surface area (Å²) in [6.07, 6.45) is 1.61. The molecule has 0 spiro atoms. The topological polar surface area (TPSA) is 66.4 Å². The van der Waals surface area contributed by atoms with Crippen molar-refractivity contribution in [1.29, 1.82) is 0 Å². The van der Waals surface area contributed by atoms with Crippen LogP contribution in [0.2, 0.25) is 0 Å². The van der Waals surface area contributed by atoms with Crippen molar-refractivity contribution in [3.63, 3.8) is 0 Å². The summed E-state index contributed by atoms with van der Waals surface area (Å²) in [7, 11) is 0. The molecule has 0 aliphatic carbocycles. The fraction of sp³-hybridized carbons (Fsp3) is 0.800. The summed E-state index contributed by atoms with van der Waals surface area (Å²) in [4.78, 5) is 21.5. The largest absolute Gasteiger partial charge is 0.481 e. The lowest BCUT2D eigenvalue weighted by atomic mass is 10.0. The molecule has 0 atom stereocenters. The van der Waals surface area contributed by atoms with Gasteiger partial charge < -0.3 is 10.4 Å². The molecule has 2 N–H and O–H groups in total. The quantitative estimate of drug-likeness (QED) is 0.685. The molecule has 0 unspecified atom stereocenters. The van der Waals surface area contributed by atoms with E-state index in [4.69, 9.17) is 5.11 Å². The summed E-state index contributed by atoms with van der Waals surface area (Å²) in [6.45, 7) is 5.89. The predicted molar refractivity (Wildman–Crippen MR) is 54.0 cm³/mol. The third-order valence-corrected chi connectivity index (χ3v) is 2.16. The maximum Gasteiger partial charge on any atom is 0.303 e. The maximum atomic E-state index is 11.3. The molecule has 0 aromatic heterocycles. The summed E-state index contributed by atoms with van der Waals surface area (Å²) < 4.78 is 0. The van der Waals surface area contributed by atoms with Crippen LogP contribution >= 0.6 is 0 Å². The minimum absolute atomic E-state index is 0.0555. The van der Waals surface area contributed by atoms with Gasteiger partial charge in [-0.25, -0.2) is 0 Å². The van der Waals surface area contributed by atoms with Crippen LogP contribution in [0.25, 0.3) is 0 Å². The maximum absolute atomic E-state index is 11.3. The normalized spacial score (nSPS) is 11.1. The van der Waals surface area contributed by atoms with Crippen LogP contribution in [-0.2, 0) is 9.59 Å². The molecule has 82 valence electrons.